The van der Waals surface area contributed by atoms with Gasteiger partial charge in [-0.1, -0.05) is 11.2 Å². The second-order valence-corrected chi connectivity index (χ2v) is 4.45. The predicted octanol–water partition coefficient (Wildman–Crippen LogP) is 2.69. The monoisotopic (exact) mass is 231 g/mol. The first-order valence-corrected chi connectivity index (χ1v) is 5.80. The van der Waals surface area contributed by atoms with Crippen LogP contribution in [0.4, 0.5) is 11.4 Å². The molecule has 1 aromatic rings. The number of likely N-dealkylation sites (N-methyl/N-ethyl adjacent to an activating group) is 1. The van der Waals surface area contributed by atoms with Gasteiger partial charge in [-0.05, 0) is 37.2 Å². The second kappa shape index (κ2) is 5.08. The largest absolute Gasteiger partial charge is 0.369 e. The SMILES string of the molecule is Cc1cc(N=[N+]=[N-])ccc1N1CCN(C)CC1. The minimum absolute atomic E-state index is 0.683. The molecule has 5 nitrogen and oxygen atoms in total. The topological polar surface area (TPSA) is 55.2 Å². The molecule has 0 aromatic heterocycles. The number of nitrogens with zero attached hydrogens (tertiary/aromatic N) is 5. The van der Waals surface area contributed by atoms with Crippen molar-refractivity contribution >= 4 is 11.4 Å². The standard InChI is InChI=1S/C12H17N5/c1-10-9-11(14-15-13)3-4-12(10)17-7-5-16(2)6-8-17/h3-4,9H,5-8H2,1-2H3. The van der Waals surface area contributed by atoms with Crippen LogP contribution in [0.1, 0.15) is 5.56 Å². The number of benzene rings is 1. The first-order chi connectivity index (χ1) is 8.20. The summed E-state index contributed by atoms with van der Waals surface area (Å²) in [6.07, 6.45) is 0. The van der Waals surface area contributed by atoms with Crippen molar-refractivity contribution in [1.82, 2.24) is 4.90 Å². The number of rotatable bonds is 2. The van der Waals surface area contributed by atoms with E-state index in [1.54, 1.807) is 0 Å². The maximum atomic E-state index is 8.40. The normalized spacial score (nSPS) is 16.7. The molecule has 5 heteroatoms. The summed E-state index contributed by atoms with van der Waals surface area (Å²) in [5.41, 5.74) is 11.5. The van der Waals surface area contributed by atoms with Gasteiger partial charge in [0.2, 0.25) is 0 Å². The molecule has 1 saturated heterocycles. The predicted molar refractivity (Wildman–Crippen MR) is 69.7 cm³/mol. The lowest BCUT2D eigenvalue weighted by molar-refractivity contribution is 0.312. The minimum Gasteiger partial charge on any atom is -0.369 e. The summed E-state index contributed by atoms with van der Waals surface area (Å²) in [5.74, 6) is 0. The highest BCUT2D eigenvalue weighted by Crippen LogP contribution is 2.25. The molecule has 0 atom stereocenters. The quantitative estimate of drug-likeness (QED) is 0.446. The van der Waals surface area contributed by atoms with Gasteiger partial charge in [0.25, 0.3) is 0 Å². The Morgan fingerprint density at radius 1 is 1.24 bits per heavy atom. The molecule has 0 amide bonds. The molecule has 1 aromatic carbocycles. The third-order valence-electron chi connectivity index (χ3n) is 3.18. The molecule has 17 heavy (non-hydrogen) atoms. The number of hydrogen-bond acceptors (Lipinski definition) is 3. The second-order valence-electron chi connectivity index (χ2n) is 4.45. The average Bonchev–Trinajstić information content (AvgIpc) is 2.31. The molecular weight excluding hydrogens is 214 g/mol. The van der Waals surface area contributed by atoms with Crippen LogP contribution in [0, 0.1) is 6.92 Å². The van der Waals surface area contributed by atoms with Gasteiger partial charge < -0.3 is 9.80 Å². The average molecular weight is 231 g/mol. The lowest BCUT2D eigenvalue weighted by Crippen LogP contribution is -2.44. The highest BCUT2D eigenvalue weighted by Gasteiger charge is 2.15. The third-order valence-corrected chi connectivity index (χ3v) is 3.18. The van der Waals surface area contributed by atoms with E-state index in [0.717, 1.165) is 26.2 Å². The van der Waals surface area contributed by atoms with Crippen LogP contribution in [-0.2, 0) is 0 Å². The van der Waals surface area contributed by atoms with Gasteiger partial charge in [0, 0.05) is 42.5 Å². The first kappa shape index (κ1) is 11.8. The fourth-order valence-electron chi connectivity index (χ4n) is 2.16. The third kappa shape index (κ3) is 2.70. The van der Waals surface area contributed by atoms with Crippen molar-refractivity contribution in [3.63, 3.8) is 0 Å². The zero-order chi connectivity index (χ0) is 12.3. The molecule has 1 heterocycles. The van der Waals surface area contributed by atoms with Crippen molar-refractivity contribution in [2.45, 2.75) is 6.92 Å². The summed E-state index contributed by atoms with van der Waals surface area (Å²) in [4.78, 5) is 7.52. The summed E-state index contributed by atoms with van der Waals surface area (Å²) in [7, 11) is 2.15. The highest BCUT2D eigenvalue weighted by molar-refractivity contribution is 5.59. The Bertz CT molecular complexity index is 442. The zero-order valence-corrected chi connectivity index (χ0v) is 10.3. The Kier molecular flexibility index (Phi) is 3.52. The molecule has 0 saturated carbocycles. The molecule has 0 spiro atoms. The molecule has 2 rings (SSSR count). The van der Waals surface area contributed by atoms with Crippen molar-refractivity contribution < 1.29 is 0 Å². The van der Waals surface area contributed by atoms with Gasteiger partial charge in [-0.3, -0.25) is 0 Å². The molecule has 1 aliphatic heterocycles. The molecule has 0 radical (unpaired) electrons. The van der Waals surface area contributed by atoms with Crippen molar-refractivity contribution in [2.24, 2.45) is 5.11 Å². The fraction of sp³-hybridized carbons (Fsp3) is 0.500. The van der Waals surface area contributed by atoms with E-state index in [2.05, 4.69) is 33.8 Å². The first-order valence-electron chi connectivity index (χ1n) is 5.80. The van der Waals surface area contributed by atoms with Gasteiger partial charge in [0.15, 0.2) is 0 Å². The summed E-state index contributed by atoms with van der Waals surface area (Å²) >= 11 is 0. The lowest BCUT2D eigenvalue weighted by atomic mass is 10.1. The van der Waals surface area contributed by atoms with Gasteiger partial charge in [-0.2, -0.15) is 0 Å². The summed E-state index contributed by atoms with van der Waals surface area (Å²) in [5, 5.41) is 3.62. The number of anilines is 1. The Labute approximate surface area is 101 Å². The molecular formula is C12H17N5. The number of azide groups is 1. The smallest absolute Gasteiger partial charge is 0.0397 e. The van der Waals surface area contributed by atoms with Crippen LogP contribution >= 0.6 is 0 Å². The van der Waals surface area contributed by atoms with Gasteiger partial charge in [-0.25, -0.2) is 0 Å². The maximum Gasteiger partial charge on any atom is 0.0397 e. The minimum atomic E-state index is 0.683. The van der Waals surface area contributed by atoms with Crippen LogP contribution in [-0.4, -0.2) is 38.1 Å². The Morgan fingerprint density at radius 2 is 1.94 bits per heavy atom. The lowest BCUT2D eigenvalue weighted by Gasteiger charge is -2.35. The molecule has 0 N–H and O–H groups in total. The molecule has 0 unspecified atom stereocenters. The van der Waals surface area contributed by atoms with E-state index in [9.17, 15) is 0 Å². The van der Waals surface area contributed by atoms with Crippen LogP contribution in [0.2, 0.25) is 0 Å². The van der Waals surface area contributed by atoms with Crippen molar-refractivity contribution in [3.8, 4) is 0 Å². The van der Waals surface area contributed by atoms with Gasteiger partial charge >= 0.3 is 0 Å². The maximum absolute atomic E-state index is 8.40. The molecule has 0 aliphatic carbocycles. The van der Waals surface area contributed by atoms with E-state index >= 15 is 0 Å². The Balaban J connectivity index is 2.18. The summed E-state index contributed by atoms with van der Waals surface area (Å²) in [6, 6.07) is 5.86. The number of aryl methyl sites for hydroxylation is 1. The number of piperazine rings is 1. The zero-order valence-electron chi connectivity index (χ0n) is 10.3. The number of hydrogen-bond donors (Lipinski definition) is 0. The molecule has 0 bridgehead atoms. The van der Waals surface area contributed by atoms with E-state index in [-0.39, 0.29) is 0 Å². The van der Waals surface area contributed by atoms with Crippen LogP contribution in [0.5, 0.6) is 0 Å². The van der Waals surface area contributed by atoms with Crippen molar-refractivity contribution in [3.05, 3.63) is 34.2 Å². The Hall–Kier alpha value is -1.71. The molecule has 90 valence electrons. The van der Waals surface area contributed by atoms with Crippen molar-refractivity contribution in [2.75, 3.05) is 38.1 Å². The van der Waals surface area contributed by atoms with Crippen molar-refractivity contribution in [1.29, 1.82) is 0 Å². The van der Waals surface area contributed by atoms with Crippen LogP contribution in [0.3, 0.4) is 0 Å². The van der Waals surface area contributed by atoms with E-state index in [4.69, 9.17) is 5.53 Å². The van der Waals surface area contributed by atoms with E-state index in [0.29, 0.717) is 5.69 Å². The Morgan fingerprint density at radius 3 is 2.53 bits per heavy atom. The van der Waals surface area contributed by atoms with Gasteiger partial charge in [0.05, 0.1) is 0 Å². The summed E-state index contributed by atoms with van der Waals surface area (Å²) < 4.78 is 0. The van der Waals surface area contributed by atoms with E-state index in [1.165, 1.54) is 11.3 Å². The fourth-order valence-corrected chi connectivity index (χ4v) is 2.16. The van der Waals surface area contributed by atoms with Crippen LogP contribution in [0.25, 0.3) is 10.4 Å². The highest BCUT2D eigenvalue weighted by atomic mass is 15.2. The van der Waals surface area contributed by atoms with Gasteiger partial charge in [-0.15, -0.1) is 0 Å². The van der Waals surface area contributed by atoms with Gasteiger partial charge in [0.1, 0.15) is 0 Å². The van der Waals surface area contributed by atoms with Crippen LogP contribution in [0.15, 0.2) is 23.3 Å². The van der Waals surface area contributed by atoms with E-state index in [1.807, 2.05) is 18.2 Å². The molecule has 1 aliphatic rings. The summed E-state index contributed by atoms with van der Waals surface area (Å²) in [6.45, 7) is 6.36. The van der Waals surface area contributed by atoms with Crippen LogP contribution < -0.4 is 4.90 Å². The molecule has 1 fully saturated rings. The van der Waals surface area contributed by atoms with E-state index < -0.39 is 0 Å².